The van der Waals surface area contributed by atoms with E-state index in [4.69, 9.17) is 9.47 Å². The van der Waals surface area contributed by atoms with Crippen LogP contribution in [0.2, 0.25) is 0 Å². The molecule has 0 radical (unpaired) electrons. The van der Waals surface area contributed by atoms with Crippen LogP contribution in [0.4, 0.5) is 10.1 Å². The Kier molecular flexibility index (Phi) is 3.57. The van der Waals surface area contributed by atoms with E-state index in [0.29, 0.717) is 18.4 Å². The predicted octanol–water partition coefficient (Wildman–Crippen LogP) is 1.40. The molecule has 2 aliphatic rings. The number of hydrogen-bond acceptors (Lipinski definition) is 4. The minimum absolute atomic E-state index is 0.0274. The number of nitrogens with zero attached hydrogens (tertiary/aromatic N) is 1. The van der Waals surface area contributed by atoms with Gasteiger partial charge >= 0.3 is 0 Å². The molecule has 0 aliphatic carbocycles. The topological polar surface area (TPSA) is 33.7 Å². The van der Waals surface area contributed by atoms with Gasteiger partial charge in [-0.05, 0) is 12.1 Å². The van der Waals surface area contributed by atoms with E-state index in [1.165, 1.54) is 12.1 Å². The van der Waals surface area contributed by atoms with E-state index in [1.54, 1.807) is 7.11 Å². The molecule has 1 aromatic rings. The third-order valence-corrected chi connectivity index (χ3v) is 3.76. The molecule has 2 heterocycles. The van der Waals surface area contributed by atoms with Gasteiger partial charge in [0.25, 0.3) is 0 Å². The average Bonchev–Trinajstić information content (AvgIpc) is 2.54. The van der Waals surface area contributed by atoms with Crippen molar-refractivity contribution in [2.75, 3.05) is 38.3 Å². The fourth-order valence-electron chi connectivity index (χ4n) is 2.93. The highest BCUT2D eigenvalue weighted by Gasteiger charge is 2.32. The van der Waals surface area contributed by atoms with Crippen molar-refractivity contribution >= 4 is 5.69 Å². The number of anilines is 1. The monoisotopic (exact) mass is 266 g/mol. The first-order valence-electron chi connectivity index (χ1n) is 6.70. The molecule has 3 rings (SSSR count). The van der Waals surface area contributed by atoms with E-state index in [0.717, 1.165) is 31.7 Å². The average molecular weight is 266 g/mol. The van der Waals surface area contributed by atoms with Crippen LogP contribution in [0.5, 0.6) is 5.75 Å². The zero-order valence-electron chi connectivity index (χ0n) is 11.1. The normalized spacial score (nSPS) is 26.1. The Morgan fingerprint density at radius 3 is 3.26 bits per heavy atom. The highest BCUT2D eigenvalue weighted by molar-refractivity contribution is 5.60. The third-order valence-electron chi connectivity index (χ3n) is 3.76. The van der Waals surface area contributed by atoms with Gasteiger partial charge in [-0.2, -0.15) is 0 Å². The molecular formula is C14H19FN2O2. The van der Waals surface area contributed by atoms with Gasteiger partial charge in [0.1, 0.15) is 17.7 Å². The van der Waals surface area contributed by atoms with E-state index in [-0.39, 0.29) is 11.9 Å². The molecule has 2 aliphatic heterocycles. The van der Waals surface area contributed by atoms with Crippen LogP contribution in [0, 0.1) is 5.82 Å². The second-order valence-electron chi connectivity index (χ2n) is 5.09. The SMILES string of the molecule is COC[C@@H]1C[C@@H]2CNCCN2c2ccc(F)cc2O1. The van der Waals surface area contributed by atoms with Gasteiger partial charge in [-0.3, -0.25) is 0 Å². The summed E-state index contributed by atoms with van der Waals surface area (Å²) >= 11 is 0. The van der Waals surface area contributed by atoms with Crippen LogP contribution in [-0.2, 0) is 4.74 Å². The Bertz CT molecular complexity index is 455. The first-order valence-corrected chi connectivity index (χ1v) is 6.70. The van der Waals surface area contributed by atoms with Crippen molar-refractivity contribution in [2.45, 2.75) is 18.6 Å². The van der Waals surface area contributed by atoms with Gasteiger partial charge in [0.2, 0.25) is 0 Å². The number of hydrogen-bond donors (Lipinski definition) is 1. The number of methoxy groups -OCH3 is 1. The van der Waals surface area contributed by atoms with Crippen molar-refractivity contribution < 1.29 is 13.9 Å². The minimum atomic E-state index is -0.261. The molecular weight excluding hydrogens is 247 g/mol. The minimum Gasteiger partial charge on any atom is -0.486 e. The Morgan fingerprint density at radius 1 is 1.53 bits per heavy atom. The maximum atomic E-state index is 13.4. The van der Waals surface area contributed by atoms with Gasteiger partial charge < -0.3 is 19.7 Å². The molecule has 19 heavy (non-hydrogen) atoms. The van der Waals surface area contributed by atoms with Crippen molar-refractivity contribution in [3.63, 3.8) is 0 Å². The van der Waals surface area contributed by atoms with E-state index in [9.17, 15) is 4.39 Å². The molecule has 4 nitrogen and oxygen atoms in total. The lowest BCUT2D eigenvalue weighted by atomic mass is 10.1. The standard InChI is InChI=1S/C14H19FN2O2/c1-18-9-12-7-11-8-16-4-5-17(11)13-3-2-10(15)6-14(13)19-12/h2-3,6,11-12,16H,4-5,7-9H2,1H3/t11-,12+/m1/s1. The van der Waals surface area contributed by atoms with Gasteiger partial charge in [-0.25, -0.2) is 4.39 Å². The van der Waals surface area contributed by atoms with Crippen molar-refractivity contribution in [3.05, 3.63) is 24.0 Å². The lowest BCUT2D eigenvalue weighted by Crippen LogP contribution is -2.52. The number of nitrogens with one attached hydrogen (secondary N) is 1. The van der Waals surface area contributed by atoms with Gasteiger partial charge in [-0.1, -0.05) is 0 Å². The van der Waals surface area contributed by atoms with Crippen molar-refractivity contribution in [3.8, 4) is 5.75 Å². The molecule has 1 fully saturated rings. The zero-order chi connectivity index (χ0) is 13.2. The summed E-state index contributed by atoms with van der Waals surface area (Å²) in [5.41, 5.74) is 0.992. The highest BCUT2D eigenvalue weighted by Crippen LogP contribution is 2.36. The highest BCUT2D eigenvalue weighted by atomic mass is 19.1. The van der Waals surface area contributed by atoms with Crippen molar-refractivity contribution in [1.29, 1.82) is 0 Å². The summed E-state index contributed by atoms with van der Waals surface area (Å²) in [6.45, 7) is 3.33. The number of ether oxygens (including phenoxy) is 2. The molecule has 1 N–H and O–H groups in total. The lowest BCUT2D eigenvalue weighted by molar-refractivity contribution is 0.0744. The second kappa shape index (κ2) is 5.35. The molecule has 1 saturated heterocycles. The van der Waals surface area contributed by atoms with Gasteiger partial charge in [0.05, 0.1) is 12.3 Å². The Hall–Kier alpha value is -1.33. The maximum Gasteiger partial charge on any atom is 0.146 e. The molecule has 5 heteroatoms. The summed E-state index contributed by atoms with van der Waals surface area (Å²) in [5, 5.41) is 3.40. The smallest absolute Gasteiger partial charge is 0.146 e. The Labute approximate surface area is 112 Å². The van der Waals surface area contributed by atoms with Crippen LogP contribution < -0.4 is 15.0 Å². The molecule has 0 bridgehead atoms. The van der Waals surface area contributed by atoms with Crippen molar-refractivity contribution in [2.24, 2.45) is 0 Å². The summed E-state index contributed by atoms with van der Waals surface area (Å²) in [4.78, 5) is 2.32. The van der Waals surface area contributed by atoms with Gasteiger partial charge in [-0.15, -0.1) is 0 Å². The molecule has 2 atom stereocenters. The van der Waals surface area contributed by atoms with E-state index in [2.05, 4.69) is 10.2 Å². The zero-order valence-corrected chi connectivity index (χ0v) is 11.1. The Morgan fingerprint density at radius 2 is 2.42 bits per heavy atom. The van der Waals surface area contributed by atoms with Crippen LogP contribution in [-0.4, -0.2) is 45.5 Å². The van der Waals surface area contributed by atoms with Crippen LogP contribution in [0.25, 0.3) is 0 Å². The second-order valence-corrected chi connectivity index (χ2v) is 5.09. The fraction of sp³-hybridized carbons (Fsp3) is 0.571. The predicted molar refractivity (Wildman–Crippen MR) is 71.3 cm³/mol. The number of rotatable bonds is 2. The first-order chi connectivity index (χ1) is 9.28. The molecule has 0 unspecified atom stereocenters. The maximum absolute atomic E-state index is 13.4. The largest absolute Gasteiger partial charge is 0.486 e. The van der Waals surface area contributed by atoms with Crippen LogP contribution in [0.1, 0.15) is 6.42 Å². The van der Waals surface area contributed by atoms with Crippen LogP contribution in [0.15, 0.2) is 18.2 Å². The Balaban J connectivity index is 1.96. The number of benzene rings is 1. The molecule has 0 aromatic heterocycles. The number of piperazine rings is 1. The van der Waals surface area contributed by atoms with Gasteiger partial charge in [0, 0.05) is 45.3 Å². The number of halogens is 1. The third kappa shape index (κ3) is 2.53. The van der Waals surface area contributed by atoms with Crippen LogP contribution >= 0.6 is 0 Å². The molecule has 0 saturated carbocycles. The van der Waals surface area contributed by atoms with Gasteiger partial charge in [0.15, 0.2) is 0 Å². The quantitative estimate of drug-likeness (QED) is 0.877. The van der Waals surface area contributed by atoms with Crippen LogP contribution in [0.3, 0.4) is 0 Å². The lowest BCUT2D eigenvalue weighted by Gasteiger charge is -2.37. The summed E-state index contributed by atoms with van der Waals surface area (Å²) in [5.74, 6) is 0.370. The summed E-state index contributed by atoms with van der Waals surface area (Å²) in [7, 11) is 1.66. The number of fused-ring (bicyclic) bond motifs is 3. The van der Waals surface area contributed by atoms with E-state index in [1.807, 2.05) is 6.07 Å². The van der Waals surface area contributed by atoms with E-state index < -0.39 is 0 Å². The summed E-state index contributed by atoms with van der Waals surface area (Å²) < 4.78 is 24.6. The first kappa shape index (κ1) is 12.7. The van der Waals surface area contributed by atoms with E-state index >= 15 is 0 Å². The molecule has 0 spiro atoms. The fourth-order valence-corrected chi connectivity index (χ4v) is 2.93. The molecule has 1 aromatic carbocycles. The molecule has 0 amide bonds. The summed E-state index contributed by atoms with van der Waals surface area (Å²) in [6, 6.07) is 5.17. The van der Waals surface area contributed by atoms with Crippen molar-refractivity contribution in [1.82, 2.24) is 5.32 Å². The summed E-state index contributed by atoms with van der Waals surface area (Å²) in [6.07, 6.45) is 0.859. The molecule has 104 valence electrons.